The van der Waals surface area contributed by atoms with E-state index in [2.05, 4.69) is 10.2 Å². The van der Waals surface area contributed by atoms with Crippen molar-refractivity contribution in [3.05, 3.63) is 47.5 Å². The molecule has 3 rings (SSSR count). The molecule has 0 saturated carbocycles. The molecule has 1 aliphatic heterocycles. The molecule has 0 atom stereocenters. The molecule has 0 bridgehead atoms. The van der Waals surface area contributed by atoms with Crippen LogP contribution in [0.4, 0.5) is 16.2 Å². The van der Waals surface area contributed by atoms with Crippen molar-refractivity contribution in [2.75, 3.05) is 51.7 Å². The van der Waals surface area contributed by atoms with Crippen molar-refractivity contribution >= 4 is 23.4 Å². The Morgan fingerprint density at radius 2 is 1.77 bits per heavy atom. The van der Waals surface area contributed by atoms with Gasteiger partial charge in [-0.05, 0) is 43.2 Å². The third-order valence-electron chi connectivity index (χ3n) is 5.35. The Bertz CT molecular complexity index is 941. The number of anilines is 2. The summed E-state index contributed by atoms with van der Waals surface area (Å²) >= 11 is 0. The lowest BCUT2D eigenvalue weighted by atomic mass is 10.1. The lowest BCUT2D eigenvalue weighted by Gasteiger charge is -2.24. The monoisotopic (exact) mass is 427 g/mol. The molecule has 8 nitrogen and oxygen atoms in total. The number of nitrogens with zero attached hydrogens (tertiary/aromatic N) is 2. The Morgan fingerprint density at radius 1 is 1.03 bits per heavy atom. The molecule has 0 radical (unpaired) electrons. The van der Waals surface area contributed by atoms with Crippen molar-refractivity contribution in [1.82, 2.24) is 4.90 Å². The van der Waals surface area contributed by atoms with Crippen LogP contribution in [0.1, 0.15) is 28.8 Å². The van der Waals surface area contributed by atoms with Gasteiger partial charge in [0, 0.05) is 31.8 Å². The second kappa shape index (κ2) is 10.1. The minimum atomic E-state index is -0.445. The average Bonchev–Trinajstić information content (AvgIpc) is 3.33. The number of esters is 1. The van der Waals surface area contributed by atoms with Crippen LogP contribution in [0.3, 0.4) is 0 Å². The van der Waals surface area contributed by atoms with Gasteiger partial charge in [-0.1, -0.05) is 0 Å². The molecular weight excluding hydrogens is 398 g/mol. The summed E-state index contributed by atoms with van der Waals surface area (Å²) in [6.07, 6.45) is 2.20. The van der Waals surface area contributed by atoms with E-state index in [4.69, 9.17) is 14.2 Å². The largest absolute Gasteiger partial charge is 0.497 e. The summed E-state index contributed by atoms with van der Waals surface area (Å²) < 4.78 is 15.5. The molecule has 8 heteroatoms. The van der Waals surface area contributed by atoms with Crippen molar-refractivity contribution in [2.24, 2.45) is 0 Å². The zero-order valence-electron chi connectivity index (χ0n) is 18.4. The minimum Gasteiger partial charge on any atom is -0.497 e. The highest BCUT2D eigenvalue weighted by atomic mass is 16.5. The molecule has 0 aromatic heterocycles. The molecule has 1 fully saturated rings. The van der Waals surface area contributed by atoms with Gasteiger partial charge < -0.3 is 29.3 Å². The summed E-state index contributed by atoms with van der Waals surface area (Å²) in [6, 6.07) is 10.4. The predicted molar refractivity (Wildman–Crippen MR) is 119 cm³/mol. The molecule has 31 heavy (non-hydrogen) atoms. The quantitative estimate of drug-likeness (QED) is 0.678. The number of ether oxygens (including phenoxy) is 3. The predicted octanol–water partition coefficient (Wildman–Crippen LogP) is 3.75. The maximum Gasteiger partial charge on any atom is 0.337 e. The summed E-state index contributed by atoms with van der Waals surface area (Å²) in [6.45, 7) is 2.17. The van der Waals surface area contributed by atoms with Gasteiger partial charge in [-0.25, -0.2) is 9.59 Å². The maximum absolute atomic E-state index is 13.0. The highest BCUT2D eigenvalue weighted by Gasteiger charge is 2.21. The molecule has 1 heterocycles. The Balaban J connectivity index is 1.80. The summed E-state index contributed by atoms with van der Waals surface area (Å²) in [5.41, 5.74) is 2.72. The zero-order chi connectivity index (χ0) is 22.4. The van der Waals surface area contributed by atoms with Gasteiger partial charge in [0.2, 0.25) is 0 Å². The summed E-state index contributed by atoms with van der Waals surface area (Å²) in [4.78, 5) is 28.7. The fourth-order valence-corrected chi connectivity index (χ4v) is 3.64. The van der Waals surface area contributed by atoms with Gasteiger partial charge in [-0.15, -0.1) is 0 Å². The smallest absolute Gasteiger partial charge is 0.337 e. The highest BCUT2D eigenvalue weighted by molar-refractivity contribution is 5.97. The van der Waals surface area contributed by atoms with Crippen molar-refractivity contribution in [3.63, 3.8) is 0 Å². The molecule has 1 N–H and O–H groups in total. The number of benzene rings is 2. The zero-order valence-corrected chi connectivity index (χ0v) is 18.4. The summed E-state index contributed by atoms with van der Waals surface area (Å²) in [5, 5.41) is 2.96. The van der Waals surface area contributed by atoms with Crippen molar-refractivity contribution in [2.45, 2.75) is 19.4 Å². The average molecular weight is 428 g/mol. The number of rotatable bonds is 7. The molecule has 2 aromatic rings. The van der Waals surface area contributed by atoms with E-state index in [1.165, 1.54) is 7.11 Å². The number of methoxy groups -OCH3 is 3. The van der Waals surface area contributed by atoms with Crippen molar-refractivity contribution < 1.29 is 23.8 Å². The molecule has 0 spiro atoms. The van der Waals surface area contributed by atoms with E-state index in [1.54, 1.807) is 44.4 Å². The van der Waals surface area contributed by atoms with Crippen LogP contribution in [0.5, 0.6) is 11.5 Å². The minimum absolute atomic E-state index is 0.291. The van der Waals surface area contributed by atoms with E-state index in [0.717, 1.165) is 37.2 Å². The fourth-order valence-electron chi connectivity index (χ4n) is 3.64. The third-order valence-corrected chi connectivity index (χ3v) is 5.35. The number of carbonyl (C=O) groups excluding carboxylic acids is 2. The molecule has 0 unspecified atom stereocenters. The van der Waals surface area contributed by atoms with Crippen LogP contribution in [-0.2, 0) is 11.3 Å². The van der Waals surface area contributed by atoms with E-state index in [1.807, 2.05) is 18.2 Å². The molecule has 1 aliphatic rings. The number of hydrogen-bond donors (Lipinski definition) is 1. The van der Waals surface area contributed by atoms with Gasteiger partial charge >= 0.3 is 12.0 Å². The van der Waals surface area contributed by atoms with Crippen LogP contribution in [0.25, 0.3) is 0 Å². The van der Waals surface area contributed by atoms with Crippen LogP contribution in [0.2, 0.25) is 0 Å². The lowest BCUT2D eigenvalue weighted by Crippen LogP contribution is -2.32. The summed E-state index contributed by atoms with van der Waals surface area (Å²) in [5.74, 6) is 0.881. The van der Waals surface area contributed by atoms with Crippen LogP contribution < -0.4 is 19.7 Å². The Morgan fingerprint density at radius 3 is 2.42 bits per heavy atom. The second-order valence-corrected chi connectivity index (χ2v) is 7.38. The van der Waals surface area contributed by atoms with Gasteiger partial charge in [-0.2, -0.15) is 0 Å². The Hall–Kier alpha value is -3.42. The van der Waals surface area contributed by atoms with E-state index in [0.29, 0.717) is 29.3 Å². The number of nitrogens with one attached hydrogen (secondary N) is 1. The third kappa shape index (κ3) is 5.20. The van der Waals surface area contributed by atoms with Gasteiger partial charge in [-0.3, -0.25) is 0 Å². The van der Waals surface area contributed by atoms with Crippen LogP contribution in [0, 0.1) is 0 Å². The molecule has 166 valence electrons. The molecule has 1 saturated heterocycles. The summed E-state index contributed by atoms with van der Waals surface area (Å²) in [7, 11) is 6.22. The van der Waals surface area contributed by atoms with Gasteiger partial charge in [0.05, 0.1) is 44.8 Å². The first-order valence-electron chi connectivity index (χ1n) is 10.2. The first-order valence-corrected chi connectivity index (χ1v) is 10.2. The first kappa shape index (κ1) is 22.3. The number of urea groups is 1. The Kier molecular flexibility index (Phi) is 7.23. The van der Waals surface area contributed by atoms with E-state index in [9.17, 15) is 9.59 Å². The van der Waals surface area contributed by atoms with Crippen LogP contribution in [0.15, 0.2) is 36.4 Å². The number of hydrogen-bond acceptors (Lipinski definition) is 6. The normalized spacial score (nSPS) is 13.0. The maximum atomic E-state index is 13.0. The standard InChI is InChI=1S/C23H29N3O5/c1-25(15-17-7-9-18(29-2)14-21(17)30-3)23(28)24-19-13-16(22(27)31-4)8-10-20(19)26-11-5-6-12-26/h7-10,13-14H,5-6,11-12,15H2,1-4H3,(H,24,28). The van der Waals surface area contributed by atoms with E-state index < -0.39 is 5.97 Å². The molecular formula is C23H29N3O5. The van der Waals surface area contributed by atoms with Gasteiger partial charge in [0.15, 0.2) is 0 Å². The first-order chi connectivity index (χ1) is 15.0. The SMILES string of the molecule is COC(=O)c1ccc(N2CCCC2)c(NC(=O)N(C)Cc2ccc(OC)cc2OC)c1. The van der Waals surface area contributed by atoms with Gasteiger partial charge in [0.1, 0.15) is 11.5 Å². The molecule has 0 aliphatic carbocycles. The number of carbonyl (C=O) groups is 2. The lowest BCUT2D eigenvalue weighted by molar-refractivity contribution is 0.0600. The second-order valence-electron chi connectivity index (χ2n) is 7.38. The highest BCUT2D eigenvalue weighted by Crippen LogP contribution is 2.31. The molecule has 2 amide bonds. The van der Waals surface area contributed by atoms with Crippen molar-refractivity contribution in [1.29, 1.82) is 0 Å². The van der Waals surface area contributed by atoms with E-state index in [-0.39, 0.29) is 6.03 Å². The fraction of sp³-hybridized carbons (Fsp3) is 0.391. The Labute approximate surface area is 182 Å². The molecule has 2 aromatic carbocycles. The van der Waals surface area contributed by atoms with Crippen LogP contribution >= 0.6 is 0 Å². The topological polar surface area (TPSA) is 80.3 Å². The van der Waals surface area contributed by atoms with Crippen LogP contribution in [-0.4, -0.2) is 58.4 Å². The van der Waals surface area contributed by atoms with Gasteiger partial charge in [0.25, 0.3) is 0 Å². The van der Waals surface area contributed by atoms with Crippen molar-refractivity contribution in [3.8, 4) is 11.5 Å². The van der Waals surface area contributed by atoms with E-state index >= 15 is 0 Å². The number of amides is 2.